The zero-order valence-electron chi connectivity index (χ0n) is 30.9. The van der Waals surface area contributed by atoms with Crippen LogP contribution in [0.3, 0.4) is 0 Å². The van der Waals surface area contributed by atoms with E-state index in [-0.39, 0.29) is 89.2 Å². The molecule has 58 heavy (non-hydrogen) atoms. The summed E-state index contributed by atoms with van der Waals surface area (Å²) < 4.78 is 29.0. The van der Waals surface area contributed by atoms with Gasteiger partial charge < -0.3 is 32.8 Å². The molecule has 12 bridgehead atoms. The summed E-state index contributed by atoms with van der Waals surface area (Å²) in [6, 6.07) is 15.9. The number of aliphatic hydroxyl groups is 1. The van der Waals surface area contributed by atoms with Crippen molar-refractivity contribution in [2.75, 3.05) is 13.2 Å². The van der Waals surface area contributed by atoms with Crippen LogP contribution in [0.2, 0.25) is 0 Å². The fraction of sp³-hybridized carbons (Fsp3) is 0.220. The Hall–Kier alpha value is -7.24. The molecule has 7 aromatic rings. The van der Waals surface area contributed by atoms with Crippen molar-refractivity contribution < 1.29 is 41.9 Å². The van der Waals surface area contributed by atoms with E-state index < -0.39 is 12.1 Å². The van der Waals surface area contributed by atoms with Gasteiger partial charge in [-0.15, -0.1) is 0 Å². The Balaban J connectivity index is 1.01. The molecule has 3 amide bonds. The molecule has 9 rings (SSSR count). The summed E-state index contributed by atoms with van der Waals surface area (Å²) in [6.45, 7) is 2.90. The van der Waals surface area contributed by atoms with Crippen LogP contribution >= 0.6 is 0 Å². The molecule has 1 unspecified atom stereocenters. The van der Waals surface area contributed by atoms with Gasteiger partial charge in [-0.3, -0.25) is 24.6 Å². The predicted molar refractivity (Wildman–Crippen MR) is 202 cm³/mol. The van der Waals surface area contributed by atoms with E-state index in [0.717, 1.165) is 29.5 Å². The molecule has 0 aliphatic carbocycles. The number of imide groups is 1. The summed E-state index contributed by atoms with van der Waals surface area (Å²) in [6.07, 6.45) is 6.19. The van der Waals surface area contributed by atoms with E-state index in [0.29, 0.717) is 29.8 Å². The lowest BCUT2D eigenvalue weighted by molar-refractivity contribution is 0.0646. The van der Waals surface area contributed by atoms with Crippen LogP contribution in [-0.2, 0) is 19.5 Å². The molecule has 0 radical (unpaired) electrons. The summed E-state index contributed by atoms with van der Waals surface area (Å²) in [5.74, 6) is -0.504. The van der Waals surface area contributed by atoms with E-state index in [9.17, 15) is 19.5 Å². The highest BCUT2D eigenvalue weighted by molar-refractivity contribution is 6.21. The minimum Gasteiger partial charge on any atom is -0.493 e. The van der Waals surface area contributed by atoms with Crippen LogP contribution in [0, 0.1) is 0 Å². The fourth-order valence-electron chi connectivity index (χ4n) is 6.74. The number of oxazole rings is 4. The van der Waals surface area contributed by atoms with Crippen molar-refractivity contribution in [3.8, 4) is 52.1 Å². The first-order chi connectivity index (χ1) is 28.3. The van der Waals surface area contributed by atoms with Crippen LogP contribution in [0.5, 0.6) is 5.75 Å². The number of rotatable bonds is 7. The zero-order chi connectivity index (χ0) is 39.8. The van der Waals surface area contributed by atoms with Gasteiger partial charge in [-0.2, -0.15) is 0 Å². The maximum absolute atomic E-state index is 13.2. The highest BCUT2D eigenvalue weighted by Crippen LogP contribution is 2.32. The summed E-state index contributed by atoms with van der Waals surface area (Å²) >= 11 is 0. The van der Waals surface area contributed by atoms with Crippen LogP contribution in [0.25, 0.3) is 46.3 Å². The van der Waals surface area contributed by atoms with Gasteiger partial charge >= 0.3 is 0 Å². The first kappa shape index (κ1) is 36.4. The van der Waals surface area contributed by atoms with E-state index in [1.165, 1.54) is 30.0 Å². The zero-order valence-corrected chi connectivity index (χ0v) is 30.9. The SMILES string of the molecule is CCCc1cc2cc(c1)CNC(O)c1coc(n1)-c1coc(n1)-c1cc(OCCCN3C(=O)c4ccccc4C3=O)cc(n1)-c1nc(co1)-c1nc(co1)C(=O)NC2. The Labute approximate surface area is 329 Å². The molecular weight excluding hydrogens is 748 g/mol. The molecule has 2 aliphatic rings. The van der Waals surface area contributed by atoms with Crippen molar-refractivity contribution in [1.82, 2.24) is 40.5 Å². The van der Waals surface area contributed by atoms with Crippen LogP contribution in [0.1, 0.15) is 79.6 Å². The fourth-order valence-corrected chi connectivity index (χ4v) is 6.74. The predicted octanol–water partition coefficient (Wildman–Crippen LogP) is 5.74. The standard InChI is InChI=1S/C41H34N8O9/c1-2-6-22-11-23-13-24(12-22)17-43-35(51)31-19-56-39(46-31)33-21-58-37(48-33)29-15-25(54-10-5-9-49-40(52)26-7-3-4-8-27(26)41(49)53)14-28(44-29)36-47-32(20-57-36)38-45-30(18-55-38)34(50)42-16-23/h3-4,7-8,11-15,18-21,34,42,50H,2,5-6,9-10,16-17H2,1H3,(H,43,51). The number of hydrogen-bond acceptors (Lipinski definition) is 15. The number of benzene rings is 2. The molecule has 17 heteroatoms. The third-order valence-electron chi connectivity index (χ3n) is 9.50. The molecular formula is C41H34N8O9. The Bertz CT molecular complexity index is 2640. The second kappa shape index (κ2) is 15.4. The average molecular weight is 783 g/mol. The maximum atomic E-state index is 13.2. The second-order valence-electron chi connectivity index (χ2n) is 13.6. The Morgan fingerprint density at radius 3 is 1.98 bits per heavy atom. The summed E-state index contributed by atoms with van der Waals surface area (Å²) in [4.78, 5) is 62.6. The van der Waals surface area contributed by atoms with Crippen LogP contribution < -0.4 is 15.4 Å². The quantitative estimate of drug-likeness (QED) is 0.129. The molecule has 3 N–H and O–H groups in total. The van der Waals surface area contributed by atoms with Crippen molar-refractivity contribution in [3.05, 3.63) is 119 Å². The van der Waals surface area contributed by atoms with Crippen molar-refractivity contribution in [3.63, 3.8) is 0 Å². The third kappa shape index (κ3) is 7.26. The lowest BCUT2D eigenvalue weighted by Gasteiger charge is -2.14. The Morgan fingerprint density at radius 2 is 1.31 bits per heavy atom. The van der Waals surface area contributed by atoms with Gasteiger partial charge in [0, 0.05) is 31.8 Å². The lowest BCUT2D eigenvalue weighted by Crippen LogP contribution is -2.31. The number of pyridine rings is 1. The monoisotopic (exact) mass is 782 g/mol. The molecule has 5 aromatic heterocycles. The first-order valence-electron chi connectivity index (χ1n) is 18.5. The minimum absolute atomic E-state index is 0.0485. The van der Waals surface area contributed by atoms with Crippen molar-refractivity contribution in [2.45, 2.75) is 45.5 Å². The van der Waals surface area contributed by atoms with Crippen LogP contribution in [-0.4, -0.2) is 65.8 Å². The summed E-state index contributed by atoms with van der Waals surface area (Å²) in [5, 5.41) is 17.0. The number of carbonyl (C=O) groups is 3. The number of hydrogen-bond donors (Lipinski definition) is 3. The Kier molecular flexibility index (Phi) is 9.64. The molecule has 7 heterocycles. The number of nitrogens with zero attached hydrogens (tertiary/aromatic N) is 6. The van der Waals surface area contributed by atoms with E-state index in [1.807, 2.05) is 12.1 Å². The molecule has 0 fully saturated rings. The van der Waals surface area contributed by atoms with Gasteiger partial charge in [0.25, 0.3) is 17.7 Å². The first-order valence-corrected chi connectivity index (χ1v) is 18.5. The maximum Gasteiger partial charge on any atom is 0.273 e. The smallest absolute Gasteiger partial charge is 0.273 e. The third-order valence-corrected chi connectivity index (χ3v) is 9.50. The van der Waals surface area contributed by atoms with Gasteiger partial charge in [0.1, 0.15) is 47.9 Å². The molecule has 1 atom stereocenters. The largest absolute Gasteiger partial charge is 0.493 e. The molecule has 0 saturated heterocycles. The van der Waals surface area contributed by atoms with E-state index in [2.05, 4.69) is 48.5 Å². The average Bonchev–Trinajstić information content (AvgIpc) is 4.09. The van der Waals surface area contributed by atoms with Crippen LogP contribution in [0.15, 0.2) is 97.3 Å². The summed E-state index contributed by atoms with van der Waals surface area (Å²) in [7, 11) is 0. The molecule has 292 valence electrons. The van der Waals surface area contributed by atoms with Gasteiger partial charge in [0.15, 0.2) is 23.3 Å². The number of fused-ring (bicyclic) bond motifs is 17. The number of ether oxygens (including phenoxy) is 1. The molecule has 2 aliphatic heterocycles. The molecule has 0 spiro atoms. The second-order valence-corrected chi connectivity index (χ2v) is 13.6. The number of aromatic nitrogens is 5. The number of aryl methyl sites for hydroxylation is 1. The normalized spacial score (nSPS) is 15.2. The molecule has 2 aromatic carbocycles. The van der Waals surface area contributed by atoms with Gasteiger partial charge in [-0.05, 0) is 41.7 Å². The van der Waals surface area contributed by atoms with E-state index >= 15 is 0 Å². The molecule has 17 nitrogen and oxygen atoms in total. The Morgan fingerprint density at radius 1 is 0.724 bits per heavy atom. The van der Waals surface area contributed by atoms with Crippen LogP contribution in [0.4, 0.5) is 0 Å². The highest BCUT2D eigenvalue weighted by atomic mass is 16.5. The number of amides is 3. The van der Waals surface area contributed by atoms with Gasteiger partial charge in [-0.25, -0.2) is 24.9 Å². The topological polar surface area (TPSA) is 225 Å². The van der Waals surface area contributed by atoms with Gasteiger partial charge in [-0.1, -0.05) is 43.7 Å². The van der Waals surface area contributed by atoms with Crippen molar-refractivity contribution in [2.24, 2.45) is 0 Å². The van der Waals surface area contributed by atoms with Gasteiger partial charge in [0.05, 0.1) is 17.7 Å². The van der Waals surface area contributed by atoms with Gasteiger partial charge in [0.2, 0.25) is 23.6 Å². The minimum atomic E-state index is -1.17. The molecule has 0 saturated carbocycles. The highest BCUT2D eigenvalue weighted by Gasteiger charge is 2.34. The van der Waals surface area contributed by atoms with Crippen molar-refractivity contribution in [1.29, 1.82) is 0 Å². The van der Waals surface area contributed by atoms with E-state index in [1.54, 1.807) is 36.4 Å². The number of nitrogens with one attached hydrogen (secondary N) is 2. The summed E-state index contributed by atoms with van der Waals surface area (Å²) in [5.41, 5.74) is 4.83. The number of aliphatic hydroxyl groups excluding tert-OH is 1. The van der Waals surface area contributed by atoms with Crippen molar-refractivity contribution >= 4 is 17.7 Å². The lowest BCUT2D eigenvalue weighted by atomic mass is 10.0. The van der Waals surface area contributed by atoms with E-state index in [4.69, 9.17) is 22.4 Å². The number of carbonyl (C=O) groups excluding carboxylic acids is 3.